The molecule has 7 nitrogen and oxygen atoms in total. The van der Waals surface area contributed by atoms with Crippen molar-refractivity contribution in [3.63, 3.8) is 0 Å². The molecule has 0 bridgehead atoms. The summed E-state index contributed by atoms with van der Waals surface area (Å²) in [6, 6.07) is -1.07. The van der Waals surface area contributed by atoms with Gasteiger partial charge in [-0.3, -0.25) is 8.98 Å². The van der Waals surface area contributed by atoms with Gasteiger partial charge in [0.05, 0.1) is 17.8 Å². The first kappa shape index (κ1) is 18.2. The number of hydrogen-bond donors (Lipinski definition) is 0. The van der Waals surface area contributed by atoms with Crippen molar-refractivity contribution < 1.29 is 56.9 Å². The molecule has 2 saturated heterocycles. The number of carbonyl (C=O) groups excluding carboxylic acids is 2. The van der Waals surface area contributed by atoms with Gasteiger partial charge in [0.2, 0.25) is 0 Å². The van der Waals surface area contributed by atoms with Crippen LogP contribution < -0.4 is 34.7 Å². The van der Waals surface area contributed by atoms with E-state index in [4.69, 9.17) is 4.18 Å². The minimum atomic E-state index is -3.75. The number of hydrogen-bond acceptors (Lipinski definition) is 7. The molecule has 0 N–H and O–H groups in total. The number of β-lactam (4-membered cyclic amide) rings is 1. The molecule has 2 fully saturated rings. The van der Waals surface area contributed by atoms with Gasteiger partial charge in [-0.25, -0.2) is 0 Å². The van der Waals surface area contributed by atoms with E-state index in [1.165, 1.54) is 18.7 Å². The molecule has 0 aromatic carbocycles. The zero-order valence-corrected chi connectivity index (χ0v) is 15.3. The normalized spacial score (nSPS) is 31.2. The van der Waals surface area contributed by atoms with Crippen LogP contribution in [0, 0.1) is 0 Å². The average Bonchev–Trinajstić information content (AvgIpc) is 2.55. The van der Waals surface area contributed by atoms with Crippen LogP contribution in [0.3, 0.4) is 0 Å². The molecule has 10 heteroatoms. The predicted molar refractivity (Wildman–Crippen MR) is 65.4 cm³/mol. The van der Waals surface area contributed by atoms with E-state index in [0.29, 0.717) is 0 Å². The molecule has 0 spiro atoms. The van der Waals surface area contributed by atoms with Crippen LogP contribution in [0.15, 0.2) is 0 Å². The average molecular weight is 331 g/mol. The Labute approximate surface area is 143 Å². The molecule has 2 aliphatic heterocycles. The van der Waals surface area contributed by atoms with Crippen LogP contribution in [-0.2, 0) is 23.9 Å². The molecule has 108 valence electrons. The Morgan fingerprint density at radius 2 is 2.05 bits per heavy atom. The monoisotopic (exact) mass is 331 g/mol. The summed E-state index contributed by atoms with van der Waals surface area (Å²) < 4.78 is 26.8. The van der Waals surface area contributed by atoms with E-state index in [-0.39, 0.29) is 35.3 Å². The molecule has 0 aromatic rings. The first-order valence-corrected chi connectivity index (χ1v) is 8.18. The van der Waals surface area contributed by atoms with Crippen molar-refractivity contribution >= 4 is 33.8 Å². The van der Waals surface area contributed by atoms with E-state index in [2.05, 4.69) is 0 Å². The van der Waals surface area contributed by atoms with E-state index >= 15 is 0 Å². The first-order chi connectivity index (χ1) is 8.60. The molecule has 1 amide bonds. The number of carboxylic acids is 1. The first-order valence-electron chi connectivity index (χ1n) is 5.72. The fourth-order valence-corrected chi connectivity index (χ4v) is 4.58. The Kier molecular flexibility index (Phi) is 5.26. The third-order valence-electron chi connectivity index (χ3n) is 3.22. The van der Waals surface area contributed by atoms with Gasteiger partial charge in [-0.2, -0.15) is 8.42 Å². The van der Waals surface area contributed by atoms with E-state index in [1.54, 1.807) is 13.8 Å². The summed E-state index contributed by atoms with van der Waals surface area (Å²) in [7, 11) is -3.75. The van der Waals surface area contributed by atoms with Crippen molar-refractivity contribution in [3.8, 4) is 0 Å². The van der Waals surface area contributed by atoms with Crippen molar-refractivity contribution in [2.75, 3.05) is 5.75 Å². The molecular formula is C10H14NNaO6S2. The molecule has 0 aromatic heterocycles. The standard InChI is InChI=1S/C10H15NO6S2.Na/c1-4-19(15,16)17-5-7(12)11-6(9(13)14)10(2,3)18-8(5)11;/h5-6,8H,4H2,1-3H3,(H,13,14);/q;+1/p-1/t5-,6+,8-;/m1./s1. The number of carboxylic acid groups (broad SMARTS) is 1. The molecule has 20 heavy (non-hydrogen) atoms. The Morgan fingerprint density at radius 3 is 2.50 bits per heavy atom. The molecular weight excluding hydrogens is 317 g/mol. The van der Waals surface area contributed by atoms with Gasteiger partial charge >= 0.3 is 29.6 Å². The van der Waals surface area contributed by atoms with Gasteiger partial charge in [-0.05, 0) is 20.8 Å². The van der Waals surface area contributed by atoms with Crippen LogP contribution in [0.5, 0.6) is 0 Å². The smallest absolute Gasteiger partial charge is 0.548 e. The number of amides is 1. The second-order valence-corrected chi connectivity index (χ2v) is 8.60. The maximum Gasteiger partial charge on any atom is 1.00 e. The Morgan fingerprint density at radius 1 is 1.50 bits per heavy atom. The van der Waals surface area contributed by atoms with E-state index in [1.807, 2.05) is 0 Å². The summed E-state index contributed by atoms with van der Waals surface area (Å²) >= 11 is 1.21. The van der Waals surface area contributed by atoms with Gasteiger partial charge in [-0.1, -0.05) is 0 Å². The van der Waals surface area contributed by atoms with Gasteiger partial charge in [-0.15, -0.1) is 11.8 Å². The molecule has 2 aliphatic rings. The zero-order valence-electron chi connectivity index (χ0n) is 11.7. The second-order valence-electron chi connectivity index (χ2n) is 4.94. The molecule has 0 saturated carbocycles. The van der Waals surface area contributed by atoms with Crippen molar-refractivity contribution in [2.45, 2.75) is 43.0 Å². The predicted octanol–water partition coefficient (Wildman–Crippen LogP) is -4.46. The summed E-state index contributed by atoms with van der Waals surface area (Å²) in [6.07, 6.45) is -1.13. The minimum Gasteiger partial charge on any atom is -0.548 e. The number of aliphatic carboxylic acids is 1. The van der Waals surface area contributed by atoms with E-state index < -0.39 is 44.3 Å². The van der Waals surface area contributed by atoms with Gasteiger partial charge in [0.25, 0.3) is 16.0 Å². The minimum absolute atomic E-state index is 0. The third kappa shape index (κ3) is 2.89. The number of carbonyl (C=O) groups is 2. The van der Waals surface area contributed by atoms with Gasteiger partial charge in [0.1, 0.15) is 5.37 Å². The number of nitrogens with zero attached hydrogens (tertiary/aromatic N) is 1. The number of fused-ring (bicyclic) bond motifs is 1. The third-order valence-corrected chi connectivity index (χ3v) is 5.97. The fourth-order valence-electron chi connectivity index (χ4n) is 2.27. The van der Waals surface area contributed by atoms with Crippen LogP contribution in [0.1, 0.15) is 20.8 Å². The maximum atomic E-state index is 11.9. The fraction of sp³-hybridized carbons (Fsp3) is 0.800. The molecule has 2 heterocycles. The van der Waals surface area contributed by atoms with Crippen molar-refractivity contribution in [1.82, 2.24) is 4.90 Å². The van der Waals surface area contributed by atoms with Crippen LogP contribution in [0.25, 0.3) is 0 Å². The maximum absolute atomic E-state index is 11.9. The molecule has 3 atom stereocenters. The van der Waals surface area contributed by atoms with Crippen LogP contribution in [0.2, 0.25) is 0 Å². The van der Waals surface area contributed by atoms with Crippen LogP contribution in [-0.4, -0.2) is 53.2 Å². The van der Waals surface area contributed by atoms with Crippen LogP contribution >= 0.6 is 11.8 Å². The van der Waals surface area contributed by atoms with E-state index in [0.717, 1.165) is 4.90 Å². The van der Waals surface area contributed by atoms with Crippen molar-refractivity contribution in [3.05, 3.63) is 0 Å². The Hall–Kier alpha value is 0.200. The quantitative estimate of drug-likeness (QED) is 0.291. The molecule has 0 radical (unpaired) electrons. The van der Waals surface area contributed by atoms with Gasteiger partial charge < -0.3 is 14.8 Å². The Bertz CT molecular complexity index is 534. The largest absolute Gasteiger partial charge is 1.00 e. The molecule has 2 rings (SSSR count). The van der Waals surface area contributed by atoms with Crippen LogP contribution in [0.4, 0.5) is 0 Å². The topological polar surface area (TPSA) is 104 Å². The zero-order chi connectivity index (χ0) is 14.6. The second kappa shape index (κ2) is 5.77. The SMILES string of the molecule is CCS(=O)(=O)O[C@@H]1C(=O)N2[C@@H]1SC(C)(C)[C@@H]2C(=O)[O-].[Na+]. The molecule has 0 unspecified atom stereocenters. The van der Waals surface area contributed by atoms with E-state index in [9.17, 15) is 23.1 Å². The number of thioether (sulfide) groups is 1. The summed E-state index contributed by atoms with van der Waals surface area (Å²) in [6.45, 7) is 4.76. The van der Waals surface area contributed by atoms with Crippen molar-refractivity contribution in [2.24, 2.45) is 0 Å². The van der Waals surface area contributed by atoms with Gasteiger partial charge in [0, 0.05) is 4.75 Å². The summed E-state index contributed by atoms with van der Waals surface area (Å²) in [4.78, 5) is 24.1. The number of rotatable bonds is 4. The van der Waals surface area contributed by atoms with Gasteiger partial charge in [0.15, 0.2) is 6.10 Å². The summed E-state index contributed by atoms with van der Waals surface area (Å²) in [5.74, 6) is -2.19. The summed E-state index contributed by atoms with van der Waals surface area (Å²) in [5.41, 5.74) is 0. The van der Waals surface area contributed by atoms with Crippen molar-refractivity contribution in [1.29, 1.82) is 0 Å². The Balaban J connectivity index is 0.00000200. The summed E-state index contributed by atoms with van der Waals surface area (Å²) in [5, 5.41) is 10.5. The molecule has 0 aliphatic carbocycles.